The van der Waals surface area contributed by atoms with Gasteiger partial charge in [-0.25, -0.2) is 0 Å². The third kappa shape index (κ3) is 4.44. The van der Waals surface area contributed by atoms with Gasteiger partial charge in [0, 0.05) is 30.9 Å². The number of carbonyl (C=O) groups excluding carboxylic acids is 2. The van der Waals surface area contributed by atoms with E-state index in [0.29, 0.717) is 6.54 Å². The summed E-state index contributed by atoms with van der Waals surface area (Å²) in [5, 5.41) is 2.82. The first-order chi connectivity index (χ1) is 9.15. The third-order valence-corrected chi connectivity index (χ3v) is 4.19. The van der Waals surface area contributed by atoms with Gasteiger partial charge in [0.2, 0.25) is 5.91 Å². The highest BCUT2D eigenvalue weighted by Crippen LogP contribution is 2.17. The van der Waals surface area contributed by atoms with Crippen molar-refractivity contribution in [2.24, 2.45) is 0 Å². The number of ether oxygens (including phenoxy) is 1. The lowest BCUT2D eigenvalue weighted by Gasteiger charge is -2.10. The maximum absolute atomic E-state index is 11.8. The van der Waals surface area contributed by atoms with Gasteiger partial charge >= 0.3 is 0 Å². The summed E-state index contributed by atoms with van der Waals surface area (Å²) in [6.45, 7) is 3.32. The Bertz CT molecular complexity index is 449. The standard InChI is InChI=1S/C14H19NO3S/c1-10-4-6-13(19-10)12(16)5-7-14(17)15-9-11-3-2-8-18-11/h4,6,11H,2-3,5,7-9H2,1H3,(H,15,17). The molecule has 2 heterocycles. The minimum atomic E-state index is -0.0721. The highest BCUT2D eigenvalue weighted by Gasteiger charge is 2.16. The minimum Gasteiger partial charge on any atom is -0.376 e. The fourth-order valence-corrected chi connectivity index (χ4v) is 2.89. The number of thiophene rings is 1. The zero-order valence-electron chi connectivity index (χ0n) is 11.1. The molecule has 1 amide bonds. The normalized spacial score (nSPS) is 18.5. The van der Waals surface area contributed by atoms with Gasteiger partial charge in [-0.05, 0) is 31.9 Å². The van der Waals surface area contributed by atoms with Crippen LogP contribution < -0.4 is 5.32 Å². The van der Waals surface area contributed by atoms with Crippen LogP contribution in [0.4, 0.5) is 0 Å². The molecule has 1 aliphatic heterocycles. The predicted molar refractivity (Wildman–Crippen MR) is 74.6 cm³/mol. The van der Waals surface area contributed by atoms with Gasteiger partial charge < -0.3 is 10.1 Å². The monoisotopic (exact) mass is 281 g/mol. The Kier molecular flexibility index (Phi) is 5.10. The lowest BCUT2D eigenvalue weighted by atomic mass is 10.2. The third-order valence-electron chi connectivity index (χ3n) is 3.15. The first-order valence-electron chi connectivity index (χ1n) is 6.63. The summed E-state index contributed by atoms with van der Waals surface area (Å²) in [6, 6.07) is 3.75. The first-order valence-corrected chi connectivity index (χ1v) is 7.45. The van der Waals surface area contributed by atoms with Crippen molar-refractivity contribution in [1.29, 1.82) is 0 Å². The molecule has 19 heavy (non-hydrogen) atoms. The molecule has 4 nitrogen and oxygen atoms in total. The maximum atomic E-state index is 11.8. The molecule has 1 aliphatic rings. The van der Waals surface area contributed by atoms with Crippen molar-refractivity contribution in [2.75, 3.05) is 13.2 Å². The van der Waals surface area contributed by atoms with Crippen LogP contribution in [-0.2, 0) is 9.53 Å². The van der Waals surface area contributed by atoms with E-state index in [0.717, 1.165) is 29.2 Å². The second-order valence-corrected chi connectivity index (χ2v) is 6.06. The molecular formula is C14H19NO3S. The highest BCUT2D eigenvalue weighted by molar-refractivity contribution is 7.14. The molecule has 1 fully saturated rings. The van der Waals surface area contributed by atoms with Crippen LogP contribution in [0.25, 0.3) is 0 Å². The van der Waals surface area contributed by atoms with E-state index in [1.165, 1.54) is 11.3 Å². The molecule has 2 rings (SSSR count). The number of carbonyl (C=O) groups is 2. The lowest BCUT2D eigenvalue weighted by molar-refractivity contribution is -0.121. The summed E-state index contributed by atoms with van der Waals surface area (Å²) in [7, 11) is 0. The van der Waals surface area contributed by atoms with Crippen LogP contribution in [0, 0.1) is 6.92 Å². The van der Waals surface area contributed by atoms with Gasteiger partial charge in [0.1, 0.15) is 0 Å². The lowest BCUT2D eigenvalue weighted by Crippen LogP contribution is -2.31. The molecule has 0 saturated carbocycles. The van der Waals surface area contributed by atoms with Gasteiger partial charge in [0.05, 0.1) is 11.0 Å². The van der Waals surface area contributed by atoms with E-state index in [4.69, 9.17) is 4.74 Å². The van der Waals surface area contributed by atoms with Crippen molar-refractivity contribution in [3.63, 3.8) is 0 Å². The molecule has 0 spiro atoms. The summed E-state index contributed by atoms with van der Waals surface area (Å²) >= 11 is 1.48. The largest absolute Gasteiger partial charge is 0.376 e. The summed E-state index contributed by atoms with van der Waals surface area (Å²) in [5.41, 5.74) is 0. The minimum absolute atomic E-state index is 0.0466. The summed E-state index contributed by atoms with van der Waals surface area (Å²) in [6.07, 6.45) is 2.75. The number of aryl methyl sites for hydroxylation is 1. The summed E-state index contributed by atoms with van der Waals surface area (Å²) in [5.74, 6) is -0.0255. The average Bonchev–Trinajstić information content (AvgIpc) is 3.04. The van der Waals surface area contributed by atoms with E-state index in [-0.39, 0.29) is 30.6 Å². The number of rotatable bonds is 6. The second-order valence-electron chi connectivity index (χ2n) is 4.77. The van der Waals surface area contributed by atoms with E-state index in [1.807, 2.05) is 19.1 Å². The van der Waals surface area contributed by atoms with Crippen LogP contribution in [-0.4, -0.2) is 30.9 Å². The molecular weight excluding hydrogens is 262 g/mol. The van der Waals surface area contributed by atoms with Crippen LogP contribution in [0.5, 0.6) is 0 Å². The molecule has 1 atom stereocenters. The molecule has 104 valence electrons. The molecule has 1 N–H and O–H groups in total. The highest BCUT2D eigenvalue weighted by atomic mass is 32.1. The van der Waals surface area contributed by atoms with Crippen LogP contribution >= 0.6 is 11.3 Å². The second kappa shape index (κ2) is 6.82. The van der Waals surface area contributed by atoms with Crippen molar-refractivity contribution in [3.05, 3.63) is 21.9 Å². The van der Waals surface area contributed by atoms with E-state index < -0.39 is 0 Å². The number of Topliss-reactive ketones (excluding diaryl/α,β-unsaturated/α-hetero) is 1. The van der Waals surface area contributed by atoms with Crippen molar-refractivity contribution in [3.8, 4) is 0 Å². The quantitative estimate of drug-likeness (QED) is 0.814. The molecule has 5 heteroatoms. The van der Waals surface area contributed by atoms with E-state index in [2.05, 4.69) is 5.32 Å². The van der Waals surface area contributed by atoms with Gasteiger partial charge in [-0.15, -0.1) is 11.3 Å². The van der Waals surface area contributed by atoms with E-state index in [1.54, 1.807) is 0 Å². The number of hydrogen-bond acceptors (Lipinski definition) is 4. The molecule has 0 bridgehead atoms. The van der Waals surface area contributed by atoms with Gasteiger partial charge in [0.25, 0.3) is 0 Å². The Morgan fingerprint density at radius 3 is 2.89 bits per heavy atom. The van der Waals surface area contributed by atoms with Crippen molar-refractivity contribution >= 4 is 23.0 Å². The molecule has 1 unspecified atom stereocenters. The Balaban J connectivity index is 1.66. The first kappa shape index (κ1) is 14.2. The molecule has 0 aliphatic carbocycles. The zero-order valence-corrected chi connectivity index (χ0v) is 11.9. The molecule has 1 aromatic rings. The Morgan fingerprint density at radius 2 is 2.26 bits per heavy atom. The number of hydrogen-bond donors (Lipinski definition) is 1. The van der Waals surface area contributed by atoms with Gasteiger partial charge in [-0.2, -0.15) is 0 Å². The summed E-state index contributed by atoms with van der Waals surface area (Å²) in [4.78, 5) is 25.3. The zero-order chi connectivity index (χ0) is 13.7. The Morgan fingerprint density at radius 1 is 1.42 bits per heavy atom. The molecule has 1 aromatic heterocycles. The van der Waals surface area contributed by atoms with Crippen LogP contribution in [0.3, 0.4) is 0 Å². The number of nitrogens with one attached hydrogen (secondary N) is 1. The number of ketones is 1. The van der Waals surface area contributed by atoms with Gasteiger partial charge in [-0.3, -0.25) is 9.59 Å². The molecule has 1 saturated heterocycles. The maximum Gasteiger partial charge on any atom is 0.220 e. The number of amides is 1. The fraction of sp³-hybridized carbons (Fsp3) is 0.571. The SMILES string of the molecule is Cc1ccc(C(=O)CCC(=O)NCC2CCCO2)s1. The molecule has 0 aromatic carbocycles. The van der Waals surface area contributed by atoms with Crippen LogP contribution in [0.15, 0.2) is 12.1 Å². The van der Waals surface area contributed by atoms with E-state index in [9.17, 15) is 9.59 Å². The van der Waals surface area contributed by atoms with Crippen LogP contribution in [0.1, 0.15) is 40.2 Å². The van der Waals surface area contributed by atoms with Crippen molar-refractivity contribution < 1.29 is 14.3 Å². The fourth-order valence-electron chi connectivity index (χ4n) is 2.06. The Labute approximate surface area is 117 Å². The predicted octanol–water partition coefficient (Wildman–Crippen LogP) is 2.31. The van der Waals surface area contributed by atoms with Crippen LogP contribution in [0.2, 0.25) is 0 Å². The van der Waals surface area contributed by atoms with Gasteiger partial charge in [-0.1, -0.05) is 0 Å². The smallest absolute Gasteiger partial charge is 0.220 e. The molecule has 0 radical (unpaired) electrons. The average molecular weight is 281 g/mol. The van der Waals surface area contributed by atoms with Crippen molar-refractivity contribution in [1.82, 2.24) is 5.32 Å². The topological polar surface area (TPSA) is 55.4 Å². The van der Waals surface area contributed by atoms with Crippen molar-refractivity contribution in [2.45, 2.75) is 38.7 Å². The Hall–Kier alpha value is -1.20. The summed E-state index contributed by atoms with van der Waals surface area (Å²) < 4.78 is 5.42. The van der Waals surface area contributed by atoms with E-state index >= 15 is 0 Å². The van der Waals surface area contributed by atoms with Gasteiger partial charge in [0.15, 0.2) is 5.78 Å².